The van der Waals surface area contributed by atoms with Gasteiger partial charge in [-0.2, -0.15) is 5.10 Å². The standard InChI is InChI=1S/C10H12BrN3S/c1-7-10(11)4-9(15-7)6-12-5-8-2-3-13-14-8/h2-4,12H,5-6H2,1H3,(H,13,14). The van der Waals surface area contributed by atoms with Gasteiger partial charge >= 0.3 is 0 Å². The molecule has 0 atom stereocenters. The number of rotatable bonds is 4. The normalized spacial score (nSPS) is 10.8. The Morgan fingerprint density at radius 1 is 1.53 bits per heavy atom. The summed E-state index contributed by atoms with van der Waals surface area (Å²) in [5.41, 5.74) is 1.11. The minimum Gasteiger partial charge on any atom is -0.306 e. The third kappa shape index (κ3) is 2.90. The van der Waals surface area contributed by atoms with E-state index in [1.807, 2.05) is 17.4 Å². The van der Waals surface area contributed by atoms with E-state index in [0.717, 1.165) is 18.8 Å². The van der Waals surface area contributed by atoms with Crippen LogP contribution in [0.25, 0.3) is 0 Å². The van der Waals surface area contributed by atoms with Gasteiger partial charge in [-0.25, -0.2) is 0 Å². The van der Waals surface area contributed by atoms with Crippen LogP contribution in [0, 0.1) is 6.92 Å². The number of aromatic nitrogens is 2. The fourth-order valence-corrected chi connectivity index (χ4v) is 2.88. The lowest BCUT2D eigenvalue weighted by Crippen LogP contribution is -2.11. The van der Waals surface area contributed by atoms with E-state index in [1.165, 1.54) is 14.2 Å². The van der Waals surface area contributed by atoms with Crippen LogP contribution >= 0.6 is 27.3 Å². The predicted octanol–water partition coefficient (Wildman–Crippen LogP) is 2.83. The number of aromatic amines is 1. The van der Waals surface area contributed by atoms with E-state index in [1.54, 1.807) is 6.20 Å². The van der Waals surface area contributed by atoms with Crippen LogP contribution in [0.3, 0.4) is 0 Å². The maximum atomic E-state index is 3.90. The lowest BCUT2D eigenvalue weighted by Gasteiger charge is -1.99. The molecule has 2 aromatic heterocycles. The van der Waals surface area contributed by atoms with Gasteiger partial charge in [-0.05, 0) is 35.0 Å². The molecule has 0 aliphatic carbocycles. The van der Waals surface area contributed by atoms with Crippen LogP contribution in [0.2, 0.25) is 0 Å². The highest BCUT2D eigenvalue weighted by atomic mass is 79.9. The van der Waals surface area contributed by atoms with Gasteiger partial charge in [0.15, 0.2) is 0 Å². The van der Waals surface area contributed by atoms with Crippen molar-refractivity contribution in [3.63, 3.8) is 0 Å². The van der Waals surface area contributed by atoms with Crippen molar-refractivity contribution < 1.29 is 0 Å². The molecule has 2 N–H and O–H groups in total. The van der Waals surface area contributed by atoms with Crippen LogP contribution in [0.1, 0.15) is 15.4 Å². The van der Waals surface area contributed by atoms with Gasteiger partial charge in [0.05, 0.1) is 0 Å². The maximum absolute atomic E-state index is 3.90. The van der Waals surface area contributed by atoms with Crippen molar-refractivity contribution in [2.75, 3.05) is 0 Å². The van der Waals surface area contributed by atoms with Crippen molar-refractivity contribution in [1.29, 1.82) is 0 Å². The Balaban J connectivity index is 1.83. The van der Waals surface area contributed by atoms with Crippen molar-refractivity contribution in [1.82, 2.24) is 15.5 Å². The Hall–Kier alpha value is -0.650. The molecule has 0 fully saturated rings. The number of hydrogen-bond donors (Lipinski definition) is 2. The molecule has 0 spiro atoms. The molecule has 0 aliphatic heterocycles. The number of hydrogen-bond acceptors (Lipinski definition) is 3. The summed E-state index contributed by atoms with van der Waals surface area (Å²) in [6.45, 7) is 3.85. The first-order chi connectivity index (χ1) is 7.25. The average molecular weight is 286 g/mol. The maximum Gasteiger partial charge on any atom is 0.0490 e. The predicted molar refractivity (Wildman–Crippen MR) is 65.9 cm³/mol. The van der Waals surface area contributed by atoms with Gasteiger partial charge in [0.25, 0.3) is 0 Å². The molecule has 0 unspecified atom stereocenters. The SMILES string of the molecule is Cc1sc(CNCc2ccn[nH]2)cc1Br. The van der Waals surface area contributed by atoms with Crippen LogP contribution < -0.4 is 5.32 Å². The third-order valence-electron chi connectivity index (χ3n) is 2.08. The van der Waals surface area contributed by atoms with Gasteiger partial charge in [0.1, 0.15) is 0 Å². The zero-order valence-electron chi connectivity index (χ0n) is 8.38. The first-order valence-corrected chi connectivity index (χ1v) is 6.30. The van der Waals surface area contributed by atoms with Crippen molar-refractivity contribution in [3.8, 4) is 0 Å². The van der Waals surface area contributed by atoms with Crippen LogP contribution in [-0.4, -0.2) is 10.2 Å². The largest absolute Gasteiger partial charge is 0.306 e. The van der Waals surface area contributed by atoms with Gasteiger partial charge in [-0.3, -0.25) is 5.10 Å². The fraction of sp³-hybridized carbons (Fsp3) is 0.300. The average Bonchev–Trinajstić information content (AvgIpc) is 2.79. The van der Waals surface area contributed by atoms with Gasteiger partial charge in [0, 0.05) is 39.2 Å². The summed E-state index contributed by atoms with van der Waals surface area (Å²) in [5.74, 6) is 0. The lowest BCUT2D eigenvalue weighted by molar-refractivity contribution is 0.684. The summed E-state index contributed by atoms with van der Waals surface area (Å²) in [6.07, 6.45) is 1.77. The Kier molecular flexibility index (Phi) is 3.56. The van der Waals surface area contributed by atoms with Gasteiger partial charge < -0.3 is 5.32 Å². The molecule has 0 saturated heterocycles. The second-order valence-corrected chi connectivity index (χ2v) is 5.50. The first-order valence-electron chi connectivity index (χ1n) is 4.69. The summed E-state index contributed by atoms with van der Waals surface area (Å²) in [5, 5.41) is 10.2. The van der Waals surface area contributed by atoms with Crippen LogP contribution in [0.4, 0.5) is 0 Å². The highest BCUT2D eigenvalue weighted by Crippen LogP contribution is 2.26. The Morgan fingerprint density at radius 2 is 2.40 bits per heavy atom. The number of nitrogens with zero attached hydrogens (tertiary/aromatic N) is 1. The highest BCUT2D eigenvalue weighted by molar-refractivity contribution is 9.10. The third-order valence-corrected chi connectivity index (χ3v) is 4.22. The van der Waals surface area contributed by atoms with E-state index in [-0.39, 0.29) is 0 Å². The molecule has 3 nitrogen and oxygen atoms in total. The molecule has 0 aromatic carbocycles. The van der Waals surface area contributed by atoms with Crippen molar-refractivity contribution in [2.24, 2.45) is 0 Å². The smallest absolute Gasteiger partial charge is 0.0490 e. The molecule has 0 aliphatic rings. The molecule has 0 saturated carbocycles. The molecule has 80 valence electrons. The van der Waals surface area contributed by atoms with Crippen LogP contribution in [0.15, 0.2) is 22.8 Å². The first kappa shape index (κ1) is 10.9. The Labute approximate surface area is 101 Å². The van der Waals surface area contributed by atoms with Crippen LogP contribution in [0.5, 0.6) is 0 Å². The Bertz CT molecular complexity index is 402. The van der Waals surface area contributed by atoms with E-state index < -0.39 is 0 Å². The molecular weight excluding hydrogens is 274 g/mol. The molecule has 0 radical (unpaired) electrons. The molecule has 0 amide bonds. The van der Waals surface area contributed by atoms with Crippen molar-refractivity contribution in [3.05, 3.63) is 38.3 Å². The van der Waals surface area contributed by atoms with Crippen molar-refractivity contribution in [2.45, 2.75) is 20.0 Å². The summed E-state index contributed by atoms with van der Waals surface area (Å²) in [4.78, 5) is 2.67. The summed E-state index contributed by atoms with van der Waals surface area (Å²) in [7, 11) is 0. The summed E-state index contributed by atoms with van der Waals surface area (Å²) < 4.78 is 1.20. The van der Waals surface area contributed by atoms with E-state index in [9.17, 15) is 0 Å². The second kappa shape index (κ2) is 4.92. The minimum atomic E-state index is 0.828. The van der Waals surface area contributed by atoms with Crippen LogP contribution in [-0.2, 0) is 13.1 Å². The minimum absolute atomic E-state index is 0.828. The second-order valence-electron chi connectivity index (χ2n) is 3.30. The monoisotopic (exact) mass is 285 g/mol. The zero-order valence-corrected chi connectivity index (χ0v) is 10.8. The summed E-state index contributed by atoms with van der Waals surface area (Å²) >= 11 is 5.33. The number of aryl methyl sites for hydroxylation is 1. The molecule has 2 aromatic rings. The summed E-state index contributed by atoms with van der Waals surface area (Å²) in [6, 6.07) is 4.14. The van der Waals surface area contributed by atoms with Crippen molar-refractivity contribution >= 4 is 27.3 Å². The van der Waals surface area contributed by atoms with Gasteiger partial charge in [0.2, 0.25) is 0 Å². The Morgan fingerprint density at radius 3 is 3.00 bits per heavy atom. The quantitative estimate of drug-likeness (QED) is 0.907. The highest BCUT2D eigenvalue weighted by Gasteiger charge is 2.02. The molecule has 5 heteroatoms. The van der Waals surface area contributed by atoms with E-state index in [4.69, 9.17) is 0 Å². The van der Waals surface area contributed by atoms with E-state index in [2.05, 4.69) is 44.4 Å². The lowest BCUT2D eigenvalue weighted by atomic mass is 10.4. The van der Waals surface area contributed by atoms with E-state index in [0.29, 0.717) is 0 Å². The van der Waals surface area contributed by atoms with Gasteiger partial charge in [-0.1, -0.05) is 0 Å². The zero-order chi connectivity index (χ0) is 10.7. The topological polar surface area (TPSA) is 40.7 Å². The molecule has 15 heavy (non-hydrogen) atoms. The number of thiophene rings is 1. The molecule has 2 heterocycles. The molecule has 0 bridgehead atoms. The van der Waals surface area contributed by atoms with E-state index >= 15 is 0 Å². The number of halogens is 1. The number of nitrogens with one attached hydrogen (secondary N) is 2. The van der Waals surface area contributed by atoms with Gasteiger partial charge in [-0.15, -0.1) is 11.3 Å². The molecule has 2 rings (SSSR count). The molecular formula is C10H12BrN3S. The number of H-pyrrole nitrogens is 1. The fourth-order valence-electron chi connectivity index (χ4n) is 1.31.